The lowest BCUT2D eigenvalue weighted by molar-refractivity contribution is -0.385. The van der Waals surface area contributed by atoms with Crippen molar-refractivity contribution >= 4 is 35.4 Å². The minimum atomic E-state index is -1.07. The van der Waals surface area contributed by atoms with Crippen LogP contribution in [0.15, 0.2) is 36.5 Å². The van der Waals surface area contributed by atoms with Crippen LogP contribution in [-0.4, -0.2) is 96.4 Å². The number of hydrogen-bond acceptors (Lipinski definition) is 12. The number of nitrogens with one attached hydrogen (secondary N) is 1. The van der Waals surface area contributed by atoms with E-state index < -0.39 is 50.5 Å². The summed E-state index contributed by atoms with van der Waals surface area (Å²) in [6.45, 7) is 27.3. The first-order chi connectivity index (χ1) is 30.8. The predicted octanol–water partition coefficient (Wildman–Crippen LogP) is 7.08. The fourth-order valence-electron chi connectivity index (χ4n) is 10.6. The standard InChI is InChI=1S/C49H74N8O10/c1-30(2)65-20-19-47(9,10)51-41(60)45(5,6)27-46(7,8)42(61)54(28-44(3,4)26-48(11,12)56-39(58)37-31-15-16-32(21-31)38(37)40(56)59)23-34-24-55(53-52-34)49(13,14)29-67-35-17-18-36(57(63)64)33(22-35)25-66-43(50)62/h15-18,22,24,30-32,37-38H,19-21,23,25-29H2,1-14H3,(H2,50,62)(H,51,60). The summed E-state index contributed by atoms with van der Waals surface area (Å²) in [7, 11) is 0. The maximum atomic E-state index is 15.1. The molecule has 5 amide bonds. The SMILES string of the molecule is CC(C)OCCC(C)(C)NC(=O)C(C)(C)CC(C)(C)C(=O)N(Cc1cn(C(C)(C)COc2ccc([N+](=O)[O-])c(COC(N)=O)c2)nn1)CC(C)(C)CC(C)(C)N1C(=O)C2C3C=CC(C3)C2C1=O. The largest absolute Gasteiger partial charge is 0.491 e. The molecule has 18 nitrogen and oxygen atoms in total. The molecule has 3 aliphatic rings. The van der Waals surface area contributed by atoms with Crippen LogP contribution in [0, 0.1) is 50.0 Å². The van der Waals surface area contributed by atoms with E-state index in [1.54, 1.807) is 15.8 Å². The van der Waals surface area contributed by atoms with Gasteiger partial charge in [0.1, 0.15) is 24.7 Å². The zero-order valence-corrected chi connectivity index (χ0v) is 42.1. The van der Waals surface area contributed by atoms with Crippen molar-refractivity contribution in [2.75, 3.05) is 19.8 Å². The lowest BCUT2D eigenvalue weighted by Gasteiger charge is -2.44. The highest BCUT2D eigenvalue weighted by molar-refractivity contribution is 6.07. The number of nitrogens with zero attached hydrogens (tertiary/aromatic N) is 6. The summed E-state index contributed by atoms with van der Waals surface area (Å²) >= 11 is 0. The molecule has 2 aliphatic carbocycles. The first-order valence-corrected chi connectivity index (χ1v) is 23.3. The molecule has 0 spiro atoms. The van der Waals surface area contributed by atoms with Gasteiger partial charge in [0, 0.05) is 41.1 Å². The van der Waals surface area contributed by atoms with E-state index in [2.05, 4.69) is 27.8 Å². The molecule has 0 radical (unpaired) electrons. The number of fused-ring (bicyclic) bond motifs is 5. The van der Waals surface area contributed by atoms with Gasteiger partial charge in [-0.25, -0.2) is 9.48 Å². The second-order valence-electron chi connectivity index (χ2n) is 23.2. The minimum absolute atomic E-state index is 0.0490. The first kappa shape index (κ1) is 52.6. The molecule has 1 saturated heterocycles. The maximum Gasteiger partial charge on any atom is 0.404 e. The molecular formula is C49H74N8O10. The number of carbonyl (C=O) groups excluding carboxylic acids is 5. The molecule has 2 heterocycles. The Kier molecular flexibility index (Phi) is 15.2. The highest BCUT2D eigenvalue weighted by atomic mass is 16.6. The number of nitro benzene ring substituents is 1. The van der Waals surface area contributed by atoms with Crippen LogP contribution in [0.25, 0.3) is 0 Å². The molecular weight excluding hydrogens is 861 g/mol. The van der Waals surface area contributed by atoms with Gasteiger partial charge in [0.15, 0.2) is 0 Å². The summed E-state index contributed by atoms with van der Waals surface area (Å²) < 4.78 is 18.3. The van der Waals surface area contributed by atoms with Gasteiger partial charge in [-0.05, 0) is 110 Å². The molecule has 1 aliphatic heterocycles. The van der Waals surface area contributed by atoms with Crippen molar-refractivity contribution in [2.24, 2.45) is 45.7 Å². The normalized spacial score (nSPS) is 19.8. The van der Waals surface area contributed by atoms with E-state index in [1.807, 2.05) is 96.9 Å². The number of hydrogen-bond donors (Lipinski definition) is 2. The summed E-state index contributed by atoms with van der Waals surface area (Å²) in [6.07, 6.45) is 6.98. The molecule has 370 valence electrons. The third-order valence-corrected chi connectivity index (χ3v) is 13.3. The number of aromatic nitrogens is 3. The van der Waals surface area contributed by atoms with Gasteiger partial charge in [-0.2, -0.15) is 0 Å². The van der Waals surface area contributed by atoms with Crippen LogP contribution in [0.3, 0.4) is 0 Å². The minimum Gasteiger partial charge on any atom is -0.491 e. The van der Waals surface area contributed by atoms with Crippen molar-refractivity contribution < 1.29 is 43.1 Å². The Bertz CT molecular complexity index is 2210. The summed E-state index contributed by atoms with van der Waals surface area (Å²) in [4.78, 5) is 82.5. The van der Waals surface area contributed by atoms with Crippen molar-refractivity contribution in [3.8, 4) is 5.75 Å². The van der Waals surface area contributed by atoms with Crippen LogP contribution in [0.1, 0.15) is 134 Å². The van der Waals surface area contributed by atoms with E-state index in [0.29, 0.717) is 25.1 Å². The van der Waals surface area contributed by atoms with Gasteiger partial charge in [-0.1, -0.05) is 58.9 Å². The molecule has 2 aromatic rings. The second kappa shape index (κ2) is 19.3. The van der Waals surface area contributed by atoms with Crippen molar-refractivity contribution in [3.63, 3.8) is 0 Å². The average molecular weight is 935 g/mol. The van der Waals surface area contributed by atoms with E-state index >= 15 is 4.79 Å². The molecule has 1 aromatic heterocycles. The molecule has 2 fully saturated rings. The number of primary amides is 1. The van der Waals surface area contributed by atoms with Crippen LogP contribution in [0.4, 0.5) is 10.5 Å². The number of allylic oxidation sites excluding steroid dienone is 2. The molecule has 4 atom stereocenters. The van der Waals surface area contributed by atoms with Gasteiger partial charge in [0.05, 0.1) is 46.7 Å². The Morgan fingerprint density at radius 3 is 2.10 bits per heavy atom. The Morgan fingerprint density at radius 2 is 1.54 bits per heavy atom. The van der Waals surface area contributed by atoms with E-state index in [0.717, 1.165) is 6.42 Å². The Labute approximate surface area is 395 Å². The first-order valence-electron chi connectivity index (χ1n) is 23.3. The Morgan fingerprint density at radius 1 is 0.925 bits per heavy atom. The lowest BCUT2D eigenvalue weighted by atomic mass is 9.72. The van der Waals surface area contributed by atoms with Gasteiger partial charge in [0.25, 0.3) is 5.69 Å². The van der Waals surface area contributed by atoms with Gasteiger partial charge in [-0.3, -0.25) is 34.2 Å². The van der Waals surface area contributed by atoms with Crippen LogP contribution >= 0.6 is 0 Å². The molecule has 4 unspecified atom stereocenters. The number of nitrogens with two attached hydrogens (primary N) is 1. The molecule has 18 heteroatoms. The number of likely N-dealkylation sites (tertiary alicyclic amines) is 1. The molecule has 1 saturated carbocycles. The summed E-state index contributed by atoms with van der Waals surface area (Å²) in [5.41, 5.74) is 0.572. The van der Waals surface area contributed by atoms with Crippen LogP contribution in [0.2, 0.25) is 0 Å². The zero-order chi connectivity index (χ0) is 50.2. The van der Waals surface area contributed by atoms with E-state index in [-0.39, 0.29) is 96.5 Å². The highest BCUT2D eigenvalue weighted by Crippen LogP contribution is 2.54. The number of imide groups is 1. The van der Waals surface area contributed by atoms with Gasteiger partial charge < -0.3 is 30.2 Å². The predicted molar refractivity (Wildman–Crippen MR) is 250 cm³/mol. The fraction of sp³-hybridized carbons (Fsp3) is 0.694. The second-order valence-corrected chi connectivity index (χ2v) is 23.2. The quantitative estimate of drug-likeness (QED) is 0.0493. The van der Waals surface area contributed by atoms with E-state index in [9.17, 15) is 29.3 Å². The Hall–Kier alpha value is -5.39. The summed E-state index contributed by atoms with van der Waals surface area (Å²) in [6, 6.07) is 4.12. The molecule has 1 aromatic carbocycles. The van der Waals surface area contributed by atoms with Crippen molar-refractivity contribution in [1.29, 1.82) is 0 Å². The number of carbonyl (C=O) groups is 5. The maximum absolute atomic E-state index is 15.1. The van der Waals surface area contributed by atoms with Crippen molar-refractivity contribution in [2.45, 2.75) is 158 Å². The average Bonchev–Trinajstić information content (AvgIpc) is 3.99. The van der Waals surface area contributed by atoms with Gasteiger partial charge in [-0.15, -0.1) is 5.10 Å². The van der Waals surface area contributed by atoms with E-state index in [4.69, 9.17) is 19.9 Å². The van der Waals surface area contributed by atoms with Crippen LogP contribution in [0.5, 0.6) is 5.75 Å². The van der Waals surface area contributed by atoms with Crippen molar-refractivity contribution in [1.82, 2.24) is 30.1 Å². The molecule has 2 bridgehead atoms. The number of benzene rings is 1. The van der Waals surface area contributed by atoms with Crippen molar-refractivity contribution in [3.05, 3.63) is 57.9 Å². The van der Waals surface area contributed by atoms with Gasteiger partial charge in [0.2, 0.25) is 23.6 Å². The third kappa shape index (κ3) is 12.4. The fourth-order valence-corrected chi connectivity index (χ4v) is 10.6. The third-order valence-electron chi connectivity index (χ3n) is 13.3. The van der Waals surface area contributed by atoms with Crippen LogP contribution < -0.4 is 15.8 Å². The monoisotopic (exact) mass is 935 g/mol. The number of nitro groups is 1. The topological polar surface area (TPSA) is 231 Å². The van der Waals surface area contributed by atoms with E-state index in [1.165, 1.54) is 23.1 Å². The molecule has 67 heavy (non-hydrogen) atoms. The number of amides is 5. The summed E-state index contributed by atoms with van der Waals surface area (Å²) in [5, 5.41) is 23.7. The smallest absolute Gasteiger partial charge is 0.404 e. The lowest BCUT2D eigenvalue weighted by Crippen LogP contribution is -2.54. The van der Waals surface area contributed by atoms with Gasteiger partial charge >= 0.3 is 6.09 Å². The van der Waals surface area contributed by atoms with Crippen LogP contribution in [-0.2, 0) is 47.3 Å². The zero-order valence-electron chi connectivity index (χ0n) is 42.1. The summed E-state index contributed by atoms with van der Waals surface area (Å²) in [5.74, 6) is -0.814. The highest BCUT2D eigenvalue weighted by Gasteiger charge is 2.62. The Balaban J connectivity index is 1.37. The number of ether oxygens (including phenoxy) is 3. The molecule has 5 rings (SSSR count). The number of rotatable bonds is 23. The molecule has 3 N–H and O–H groups in total.